The third-order valence-corrected chi connectivity index (χ3v) is 1.07. The van der Waals surface area contributed by atoms with Gasteiger partial charge in [0, 0.05) is 0 Å². The van der Waals surface area contributed by atoms with Crippen molar-refractivity contribution in [2.24, 2.45) is 0 Å². The molecular weight excluding hydrogens is 136 g/mol. The molecule has 1 aromatic rings. The average molecular weight is 140 g/mol. The van der Waals surface area contributed by atoms with Gasteiger partial charge in [-0.25, -0.2) is 4.98 Å². The van der Waals surface area contributed by atoms with E-state index >= 15 is 0 Å². The maximum Gasteiger partial charge on any atom is 0.331 e. The number of nitrogens with zero attached hydrogens (tertiary/aromatic N) is 1. The van der Waals surface area contributed by atoms with Gasteiger partial charge in [0.2, 0.25) is 0 Å². The van der Waals surface area contributed by atoms with Crippen molar-refractivity contribution in [2.75, 3.05) is 0 Å². The summed E-state index contributed by atoms with van der Waals surface area (Å²) in [5.41, 5.74) is 0.0741. The van der Waals surface area contributed by atoms with E-state index in [1.807, 2.05) is 0 Å². The van der Waals surface area contributed by atoms with Gasteiger partial charge in [0.05, 0.1) is 6.20 Å². The van der Waals surface area contributed by atoms with Gasteiger partial charge < -0.3 is 10.1 Å². The van der Waals surface area contributed by atoms with E-state index in [0.717, 1.165) is 0 Å². The third-order valence-electron chi connectivity index (χ3n) is 1.07. The Kier molecular flexibility index (Phi) is 1.49. The molecule has 0 spiro atoms. The number of carbonyl (C=O) groups is 1. The van der Waals surface area contributed by atoms with Crippen LogP contribution in [0.15, 0.2) is 12.3 Å². The van der Waals surface area contributed by atoms with Gasteiger partial charge in [-0.15, -0.1) is 0 Å². The van der Waals surface area contributed by atoms with Crippen LogP contribution in [-0.4, -0.2) is 16.2 Å². The van der Waals surface area contributed by atoms with Crippen LogP contribution in [0.1, 0.15) is 10.4 Å². The first-order valence-corrected chi connectivity index (χ1v) is 2.52. The van der Waals surface area contributed by atoms with Crippen molar-refractivity contribution in [1.82, 2.24) is 4.98 Å². The molecule has 0 aliphatic carbocycles. The summed E-state index contributed by atoms with van der Waals surface area (Å²) in [7, 11) is 0. The maximum atomic E-state index is 10.1. The minimum atomic E-state index is -0.635. The lowest BCUT2D eigenvalue weighted by Gasteiger charge is -1.88. The molecule has 5 nitrogen and oxygen atoms in total. The van der Waals surface area contributed by atoms with Crippen LogP contribution in [0.5, 0.6) is 0 Å². The summed E-state index contributed by atoms with van der Waals surface area (Å²) < 4.78 is 0. The standard InChI is InChI=1S/C5H4N2O3/c8-3-4-1-2-6-5(4)7(9)10/h1-3,6H. The van der Waals surface area contributed by atoms with E-state index in [4.69, 9.17) is 0 Å². The summed E-state index contributed by atoms with van der Waals surface area (Å²) in [5, 5.41) is 10.1. The van der Waals surface area contributed by atoms with E-state index in [1.165, 1.54) is 12.3 Å². The summed E-state index contributed by atoms with van der Waals surface area (Å²) in [4.78, 5) is 21.8. The topological polar surface area (TPSA) is 76.0 Å². The molecule has 0 radical (unpaired) electrons. The summed E-state index contributed by atoms with van der Waals surface area (Å²) in [6.45, 7) is 0. The number of hydrogen-bond acceptors (Lipinski definition) is 3. The van der Waals surface area contributed by atoms with Crippen LogP contribution in [0, 0.1) is 10.1 Å². The molecule has 0 fully saturated rings. The van der Waals surface area contributed by atoms with Gasteiger partial charge in [0.15, 0.2) is 6.29 Å². The number of H-pyrrole nitrogens is 1. The van der Waals surface area contributed by atoms with Crippen LogP contribution in [0.2, 0.25) is 0 Å². The predicted molar refractivity (Wildman–Crippen MR) is 32.8 cm³/mol. The molecule has 10 heavy (non-hydrogen) atoms. The van der Waals surface area contributed by atoms with Crippen molar-refractivity contribution in [2.45, 2.75) is 0 Å². The number of nitro groups is 1. The summed E-state index contributed by atoms with van der Waals surface area (Å²) in [5.74, 6) is -0.255. The van der Waals surface area contributed by atoms with Crippen LogP contribution in [-0.2, 0) is 0 Å². The fraction of sp³-hybridized carbons (Fsp3) is 0. The Morgan fingerprint density at radius 3 is 2.80 bits per heavy atom. The minimum Gasteiger partial charge on any atom is -0.358 e. The second-order valence-electron chi connectivity index (χ2n) is 1.66. The second kappa shape index (κ2) is 2.30. The van der Waals surface area contributed by atoms with Gasteiger partial charge in [-0.3, -0.25) is 4.79 Å². The summed E-state index contributed by atoms with van der Waals surface area (Å²) >= 11 is 0. The van der Waals surface area contributed by atoms with Crippen molar-refractivity contribution in [3.8, 4) is 0 Å². The zero-order valence-electron chi connectivity index (χ0n) is 4.90. The van der Waals surface area contributed by atoms with Crippen molar-refractivity contribution < 1.29 is 9.72 Å². The van der Waals surface area contributed by atoms with Gasteiger partial charge in [0.1, 0.15) is 5.56 Å². The van der Waals surface area contributed by atoms with Gasteiger partial charge >= 0.3 is 5.82 Å². The van der Waals surface area contributed by atoms with Crippen molar-refractivity contribution in [3.63, 3.8) is 0 Å². The number of hydrogen-bond donors (Lipinski definition) is 1. The maximum absolute atomic E-state index is 10.1. The molecule has 0 saturated heterocycles. The molecule has 1 heterocycles. The number of nitrogens with one attached hydrogen (secondary N) is 1. The molecular formula is C5H4N2O3. The van der Waals surface area contributed by atoms with Crippen molar-refractivity contribution >= 4 is 12.1 Å². The highest BCUT2D eigenvalue weighted by molar-refractivity contribution is 5.80. The van der Waals surface area contributed by atoms with E-state index in [2.05, 4.69) is 4.98 Å². The van der Waals surface area contributed by atoms with Crippen molar-refractivity contribution in [3.05, 3.63) is 27.9 Å². The quantitative estimate of drug-likeness (QED) is 0.374. The third kappa shape index (κ3) is 0.883. The second-order valence-corrected chi connectivity index (χ2v) is 1.66. The number of aromatic nitrogens is 1. The zero-order valence-corrected chi connectivity index (χ0v) is 4.90. The van der Waals surface area contributed by atoms with E-state index in [-0.39, 0.29) is 11.4 Å². The molecule has 52 valence electrons. The van der Waals surface area contributed by atoms with Crippen LogP contribution in [0.3, 0.4) is 0 Å². The van der Waals surface area contributed by atoms with E-state index in [0.29, 0.717) is 6.29 Å². The Labute approximate surface area is 55.8 Å². The zero-order chi connectivity index (χ0) is 7.56. The molecule has 0 aliphatic heterocycles. The monoisotopic (exact) mass is 140 g/mol. The number of aldehydes is 1. The van der Waals surface area contributed by atoms with Crippen LogP contribution >= 0.6 is 0 Å². The molecule has 0 aromatic carbocycles. The van der Waals surface area contributed by atoms with Gasteiger partial charge in [-0.05, 0) is 11.0 Å². The fourth-order valence-electron chi connectivity index (χ4n) is 0.626. The molecule has 0 amide bonds. The predicted octanol–water partition coefficient (Wildman–Crippen LogP) is 0.735. The first-order chi connectivity index (χ1) is 4.75. The molecule has 5 heteroatoms. The largest absolute Gasteiger partial charge is 0.358 e. The molecule has 1 rings (SSSR count). The van der Waals surface area contributed by atoms with E-state index < -0.39 is 4.92 Å². The Morgan fingerprint density at radius 1 is 1.70 bits per heavy atom. The molecule has 0 aliphatic rings. The smallest absolute Gasteiger partial charge is 0.331 e. The molecule has 1 aromatic heterocycles. The van der Waals surface area contributed by atoms with Gasteiger partial charge in [-0.2, -0.15) is 0 Å². The first-order valence-electron chi connectivity index (χ1n) is 2.52. The molecule has 0 unspecified atom stereocenters. The van der Waals surface area contributed by atoms with E-state index in [9.17, 15) is 14.9 Å². The highest BCUT2D eigenvalue weighted by Crippen LogP contribution is 2.11. The Balaban J connectivity index is 3.13. The molecule has 0 atom stereocenters. The van der Waals surface area contributed by atoms with Crippen molar-refractivity contribution in [1.29, 1.82) is 0 Å². The fourth-order valence-corrected chi connectivity index (χ4v) is 0.626. The molecule has 1 N–H and O–H groups in total. The summed E-state index contributed by atoms with van der Waals surface area (Å²) in [6, 6.07) is 1.35. The number of aromatic amines is 1. The lowest BCUT2D eigenvalue weighted by atomic mass is 10.3. The Hall–Kier alpha value is -1.65. The van der Waals surface area contributed by atoms with Gasteiger partial charge in [0.25, 0.3) is 0 Å². The Morgan fingerprint density at radius 2 is 2.40 bits per heavy atom. The van der Waals surface area contributed by atoms with Crippen LogP contribution < -0.4 is 0 Å². The van der Waals surface area contributed by atoms with E-state index in [1.54, 1.807) is 0 Å². The highest BCUT2D eigenvalue weighted by atomic mass is 16.6. The first kappa shape index (κ1) is 6.47. The molecule has 0 bridgehead atoms. The van der Waals surface area contributed by atoms with Gasteiger partial charge in [-0.1, -0.05) is 0 Å². The number of rotatable bonds is 2. The highest BCUT2D eigenvalue weighted by Gasteiger charge is 2.10. The number of carbonyl (C=O) groups excluding carboxylic acids is 1. The van der Waals surface area contributed by atoms with Crippen LogP contribution in [0.25, 0.3) is 0 Å². The SMILES string of the molecule is O=Cc1cc[nH]c1[N+](=O)[O-]. The Bertz CT molecular complexity index is 266. The van der Waals surface area contributed by atoms with Crippen LogP contribution in [0.4, 0.5) is 5.82 Å². The normalized spacial score (nSPS) is 9.20. The molecule has 0 saturated carbocycles. The summed E-state index contributed by atoms with van der Waals surface area (Å²) in [6.07, 6.45) is 1.79. The minimum absolute atomic E-state index is 0.0741. The lowest BCUT2D eigenvalue weighted by molar-refractivity contribution is -0.389. The average Bonchev–Trinajstić information content (AvgIpc) is 2.33. The lowest BCUT2D eigenvalue weighted by Crippen LogP contribution is -1.91.